The van der Waals surface area contributed by atoms with Crippen molar-refractivity contribution in [3.05, 3.63) is 18.2 Å². The molecule has 0 spiro atoms. The number of anilines is 2. The highest BCUT2D eigenvalue weighted by Crippen LogP contribution is 2.28. The normalized spacial score (nSPS) is 18.0. The second-order valence-corrected chi connectivity index (χ2v) is 7.23. The van der Waals surface area contributed by atoms with E-state index in [2.05, 4.69) is 29.5 Å². The Hall–Kier alpha value is -1.59. The summed E-state index contributed by atoms with van der Waals surface area (Å²) >= 11 is 0. The highest BCUT2D eigenvalue weighted by molar-refractivity contribution is 5.78. The third-order valence-corrected chi connectivity index (χ3v) is 4.43. The fraction of sp³-hybridized carbons (Fsp3) is 0.667. The summed E-state index contributed by atoms with van der Waals surface area (Å²) in [5, 5.41) is 6.41. The van der Waals surface area contributed by atoms with E-state index in [4.69, 9.17) is 9.47 Å². The summed E-state index contributed by atoms with van der Waals surface area (Å²) in [4.78, 5) is 4.52. The van der Waals surface area contributed by atoms with Crippen molar-refractivity contribution in [3.63, 3.8) is 0 Å². The average Bonchev–Trinajstić information content (AvgIpc) is 2.89. The van der Waals surface area contributed by atoms with Crippen LogP contribution in [-0.4, -0.2) is 45.7 Å². The molecule has 0 bridgehead atoms. The Morgan fingerprint density at radius 2 is 2.08 bits per heavy atom. The highest BCUT2D eigenvalue weighted by Gasteiger charge is 2.12. The quantitative estimate of drug-likeness (QED) is 0.690. The second kappa shape index (κ2) is 11.9. The van der Waals surface area contributed by atoms with Gasteiger partial charge in [0.2, 0.25) is 0 Å². The van der Waals surface area contributed by atoms with Crippen molar-refractivity contribution >= 4 is 23.3 Å². The SMILES string of the molecule is CC1CCCOCC1.CCNc1ccc(NC)cc1N=CC(C)(C)OC. The molecule has 1 unspecified atom stereocenters. The highest BCUT2D eigenvalue weighted by atomic mass is 16.5. The van der Waals surface area contributed by atoms with Gasteiger partial charge in [-0.3, -0.25) is 4.99 Å². The van der Waals surface area contributed by atoms with Gasteiger partial charge >= 0.3 is 0 Å². The van der Waals surface area contributed by atoms with E-state index in [1.807, 2.05) is 45.3 Å². The molecule has 2 N–H and O–H groups in total. The van der Waals surface area contributed by atoms with Gasteiger partial charge in [0.15, 0.2) is 0 Å². The molecule has 148 valence electrons. The van der Waals surface area contributed by atoms with Gasteiger partial charge < -0.3 is 20.1 Å². The molecule has 5 heteroatoms. The number of aliphatic imine (C=N–C) groups is 1. The number of ether oxygens (including phenoxy) is 2. The molecule has 1 atom stereocenters. The van der Waals surface area contributed by atoms with E-state index in [0.717, 1.165) is 42.7 Å². The molecule has 1 heterocycles. The van der Waals surface area contributed by atoms with Gasteiger partial charge in [-0.2, -0.15) is 0 Å². The number of hydrogen-bond acceptors (Lipinski definition) is 5. The molecule has 26 heavy (non-hydrogen) atoms. The van der Waals surface area contributed by atoms with Crippen molar-refractivity contribution < 1.29 is 9.47 Å². The molecular formula is C21H37N3O2. The molecule has 1 saturated heterocycles. The summed E-state index contributed by atoms with van der Waals surface area (Å²) in [5.41, 5.74) is 2.62. The molecule has 1 fully saturated rings. The van der Waals surface area contributed by atoms with Crippen LogP contribution in [0.5, 0.6) is 0 Å². The lowest BCUT2D eigenvalue weighted by Crippen LogP contribution is -2.23. The fourth-order valence-corrected chi connectivity index (χ4v) is 2.48. The number of hydrogen-bond donors (Lipinski definition) is 2. The Morgan fingerprint density at radius 3 is 2.73 bits per heavy atom. The van der Waals surface area contributed by atoms with Gasteiger partial charge in [-0.05, 0) is 64.2 Å². The van der Waals surface area contributed by atoms with E-state index in [1.165, 1.54) is 19.3 Å². The lowest BCUT2D eigenvalue weighted by atomic mass is 10.0. The van der Waals surface area contributed by atoms with Crippen molar-refractivity contribution in [2.45, 2.75) is 52.6 Å². The van der Waals surface area contributed by atoms with Crippen LogP contribution in [0.4, 0.5) is 17.1 Å². The van der Waals surface area contributed by atoms with Crippen molar-refractivity contribution in [2.24, 2.45) is 10.9 Å². The van der Waals surface area contributed by atoms with Crippen molar-refractivity contribution in [3.8, 4) is 0 Å². The Labute approximate surface area is 159 Å². The Kier molecular flexibility index (Phi) is 10.3. The van der Waals surface area contributed by atoms with E-state index >= 15 is 0 Å². The number of nitrogens with one attached hydrogen (secondary N) is 2. The minimum Gasteiger partial charge on any atom is -0.388 e. The van der Waals surface area contributed by atoms with Gasteiger partial charge in [0.1, 0.15) is 0 Å². The van der Waals surface area contributed by atoms with Gasteiger partial charge in [-0.1, -0.05) is 6.92 Å². The van der Waals surface area contributed by atoms with Gasteiger partial charge in [-0.25, -0.2) is 0 Å². The van der Waals surface area contributed by atoms with Crippen molar-refractivity contribution in [1.82, 2.24) is 0 Å². The van der Waals surface area contributed by atoms with Crippen LogP contribution < -0.4 is 10.6 Å². The molecule has 0 saturated carbocycles. The lowest BCUT2D eigenvalue weighted by Gasteiger charge is -2.17. The van der Waals surface area contributed by atoms with E-state index in [-0.39, 0.29) is 5.60 Å². The monoisotopic (exact) mass is 363 g/mol. The van der Waals surface area contributed by atoms with Crippen LogP contribution in [0.3, 0.4) is 0 Å². The Morgan fingerprint density at radius 1 is 1.31 bits per heavy atom. The van der Waals surface area contributed by atoms with Gasteiger partial charge in [0, 0.05) is 45.8 Å². The largest absolute Gasteiger partial charge is 0.388 e. The predicted octanol–water partition coefficient (Wildman–Crippen LogP) is 5.11. The van der Waals surface area contributed by atoms with Crippen LogP contribution in [0.2, 0.25) is 0 Å². The van der Waals surface area contributed by atoms with Crippen LogP contribution in [-0.2, 0) is 9.47 Å². The molecule has 1 aliphatic rings. The summed E-state index contributed by atoms with van der Waals surface area (Å²) < 4.78 is 10.6. The third-order valence-electron chi connectivity index (χ3n) is 4.43. The first-order valence-corrected chi connectivity index (χ1v) is 9.65. The van der Waals surface area contributed by atoms with E-state index < -0.39 is 0 Å². The first-order valence-electron chi connectivity index (χ1n) is 9.65. The molecule has 0 aliphatic carbocycles. The van der Waals surface area contributed by atoms with Crippen LogP contribution in [0.15, 0.2) is 23.2 Å². The summed E-state index contributed by atoms with van der Waals surface area (Å²) in [7, 11) is 3.58. The van der Waals surface area contributed by atoms with Gasteiger partial charge in [0.25, 0.3) is 0 Å². The molecule has 1 aromatic carbocycles. The first kappa shape index (κ1) is 22.5. The van der Waals surface area contributed by atoms with Crippen molar-refractivity contribution in [1.29, 1.82) is 0 Å². The van der Waals surface area contributed by atoms with Crippen LogP contribution >= 0.6 is 0 Å². The Bertz CT molecular complexity index is 536. The number of methoxy groups -OCH3 is 1. The summed E-state index contributed by atoms with van der Waals surface area (Å²) in [6, 6.07) is 6.07. The standard InChI is InChI=1S/C14H23N3O.C7H14O/c1-6-16-12-8-7-11(15-4)9-13(12)17-10-14(2,3)18-5;1-7-3-2-5-8-6-4-7/h7-10,15-16H,6H2,1-5H3;7H,2-6H2,1H3. The predicted molar refractivity (Wildman–Crippen MR) is 113 cm³/mol. The summed E-state index contributed by atoms with van der Waals surface area (Å²) in [5.74, 6) is 0.900. The van der Waals surface area contributed by atoms with E-state index in [1.54, 1.807) is 7.11 Å². The van der Waals surface area contributed by atoms with E-state index in [0.29, 0.717) is 0 Å². The number of benzene rings is 1. The third kappa shape index (κ3) is 8.68. The molecule has 0 aromatic heterocycles. The van der Waals surface area contributed by atoms with Crippen LogP contribution in [0, 0.1) is 5.92 Å². The van der Waals surface area contributed by atoms with E-state index in [9.17, 15) is 0 Å². The zero-order valence-electron chi connectivity index (χ0n) is 17.4. The maximum Gasteiger partial charge on any atom is 0.0972 e. The number of nitrogens with zero attached hydrogens (tertiary/aromatic N) is 1. The average molecular weight is 364 g/mol. The zero-order valence-corrected chi connectivity index (χ0v) is 17.4. The molecule has 2 rings (SSSR count). The second-order valence-electron chi connectivity index (χ2n) is 7.23. The zero-order chi connectivity index (χ0) is 19.4. The fourth-order valence-electron chi connectivity index (χ4n) is 2.48. The molecule has 1 aromatic rings. The smallest absolute Gasteiger partial charge is 0.0972 e. The Balaban J connectivity index is 0.000000350. The maximum absolute atomic E-state index is 5.33. The molecular weight excluding hydrogens is 326 g/mol. The molecule has 1 aliphatic heterocycles. The van der Waals surface area contributed by atoms with Gasteiger partial charge in [-0.15, -0.1) is 0 Å². The van der Waals surface area contributed by atoms with Crippen LogP contribution in [0.1, 0.15) is 47.0 Å². The molecule has 0 radical (unpaired) electrons. The van der Waals surface area contributed by atoms with Crippen LogP contribution in [0.25, 0.3) is 0 Å². The molecule has 0 amide bonds. The van der Waals surface area contributed by atoms with Gasteiger partial charge in [0.05, 0.1) is 17.0 Å². The maximum atomic E-state index is 5.33. The first-order chi connectivity index (χ1) is 12.4. The summed E-state index contributed by atoms with van der Waals surface area (Å²) in [6.07, 6.45) is 5.71. The molecule has 5 nitrogen and oxygen atoms in total. The minimum absolute atomic E-state index is 0.362. The minimum atomic E-state index is -0.362. The summed E-state index contributed by atoms with van der Waals surface area (Å²) in [6.45, 7) is 11.2. The topological polar surface area (TPSA) is 54.9 Å². The van der Waals surface area contributed by atoms with Crippen molar-refractivity contribution in [2.75, 3.05) is 44.5 Å². The lowest BCUT2D eigenvalue weighted by molar-refractivity contribution is 0.0872. The number of rotatable bonds is 6.